The molecule has 0 spiro atoms. The standard InChI is InChI=1S/C13H8F3NOS2/c14-13(15,16)20(18)12-7-17-10-4-3-8(6-9(10)12)11-2-1-5-19-11/h1-7,17H. The van der Waals surface area contributed by atoms with E-state index in [2.05, 4.69) is 4.98 Å². The summed E-state index contributed by atoms with van der Waals surface area (Å²) in [7, 11) is 0. The third kappa shape index (κ3) is 2.32. The molecule has 2 nitrogen and oxygen atoms in total. The highest BCUT2D eigenvalue weighted by Gasteiger charge is 2.47. The second kappa shape index (κ2) is 4.83. The van der Waals surface area contributed by atoms with E-state index in [9.17, 15) is 17.7 Å². The monoisotopic (exact) mass is 315 g/mol. The van der Waals surface area contributed by atoms with Gasteiger partial charge in [-0.05, 0) is 29.1 Å². The van der Waals surface area contributed by atoms with E-state index in [-0.39, 0.29) is 4.90 Å². The predicted molar refractivity (Wildman–Crippen MR) is 74.1 cm³/mol. The minimum Gasteiger partial charge on any atom is -0.604 e. The molecule has 0 saturated heterocycles. The average Bonchev–Trinajstić information content (AvgIpc) is 3.05. The largest absolute Gasteiger partial charge is 0.604 e. The summed E-state index contributed by atoms with van der Waals surface area (Å²) in [5.74, 6) is 0. The van der Waals surface area contributed by atoms with Gasteiger partial charge in [0.2, 0.25) is 0 Å². The van der Waals surface area contributed by atoms with Gasteiger partial charge in [0.25, 0.3) is 0 Å². The van der Waals surface area contributed by atoms with Crippen molar-refractivity contribution in [2.75, 3.05) is 0 Å². The number of nitrogens with one attached hydrogen (secondary N) is 1. The lowest BCUT2D eigenvalue weighted by atomic mass is 10.1. The van der Waals surface area contributed by atoms with Gasteiger partial charge in [-0.2, -0.15) is 0 Å². The number of H-pyrrole nitrogens is 1. The second-order valence-corrected chi connectivity index (χ2v) is 6.49. The van der Waals surface area contributed by atoms with Crippen LogP contribution in [0.4, 0.5) is 13.2 Å². The van der Waals surface area contributed by atoms with Crippen LogP contribution in [0.5, 0.6) is 0 Å². The van der Waals surface area contributed by atoms with Crippen molar-refractivity contribution in [1.82, 2.24) is 4.98 Å². The highest BCUT2D eigenvalue weighted by atomic mass is 32.2. The molecule has 0 bridgehead atoms. The number of benzene rings is 1. The van der Waals surface area contributed by atoms with Gasteiger partial charge in [-0.1, -0.05) is 12.1 Å². The summed E-state index contributed by atoms with van der Waals surface area (Å²) in [4.78, 5) is 3.45. The summed E-state index contributed by atoms with van der Waals surface area (Å²) in [5.41, 5.74) is -3.40. The van der Waals surface area contributed by atoms with Crippen molar-refractivity contribution in [3.8, 4) is 10.4 Å². The number of rotatable bonds is 2. The number of alkyl halides is 3. The van der Waals surface area contributed by atoms with E-state index >= 15 is 0 Å². The lowest BCUT2D eigenvalue weighted by Gasteiger charge is -2.11. The summed E-state index contributed by atoms with van der Waals surface area (Å²) in [6, 6.07) is 8.91. The summed E-state index contributed by atoms with van der Waals surface area (Å²) >= 11 is -1.53. The third-order valence-corrected chi connectivity index (χ3v) is 4.94. The van der Waals surface area contributed by atoms with Crippen molar-refractivity contribution in [2.24, 2.45) is 0 Å². The predicted octanol–water partition coefficient (Wildman–Crippen LogP) is 4.52. The lowest BCUT2D eigenvalue weighted by Crippen LogP contribution is -2.22. The maximum atomic E-state index is 12.6. The molecule has 0 aliphatic rings. The van der Waals surface area contributed by atoms with Crippen molar-refractivity contribution >= 4 is 33.4 Å². The second-order valence-electron chi connectivity index (χ2n) is 4.11. The van der Waals surface area contributed by atoms with Gasteiger partial charge in [-0.15, -0.1) is 24.5 Å². The molecule has 1 unspecified atom stereocenters. The van der Waals surface area contributed by atoms with Gasteiger partial charge in [0.05, 0.1) is 17.1 Å². The van der Waals surface area contributed by atoms with Crippen LogP contribution in [0, 0.1) is 0 Å². The molecule has 3 aromatic rings. The van der Waals surface area contributed by atoms with Crippen molar-refractivity contribution < 1.29 is 17.7 Å². The molecular weight excluding hydrogens is 307 g/mol. The summed E-state index contributed by atoms with van der Waals surface area (Å²) in [5, 5.41) is 2.23. The van der Waals surface area contributed by atoms with Gasteiger partial charge in [0.1, 0.15) is 11.2 Å². The minimum absolute atomic E-state index is 0.231. The Labute approximate surface area is 119 Å². The first-order valence-corrected chi connectivity index (χ1v) is 7.63. The maximum Gasteiger partial charge on any atom is 0.578 e. The van der Waals surface area contributed by atoms with Crippen LogP contribution in [0.25, 0.3) is 21.3 Å². The Morgan fingerprint density at radius 2 is 2.00 bits per heavy atom. The molecule has 1 N–H and O–H groups in total. The molecular formula is C13H8F3NOS2. The quantitative estimate of drug-likeness (QED) is 0.694. The average molecular weight is 315 g/mol. The molecule has 7 heteroatoms. The minimum atomic E-state index is -4.76. The number of aromatic nitrogens is 1. The van der Waals surface area contributed by atoms with Crippen molar-refractivity contribution in [1.29, 1.82) is 0 Å². The molecule has 0 fully saturated rings. The molecule has 1 aromatic carbocycles. The molecule has 0 amide bonds. The first-order chi connectivity index (χ1) is 9.47. The molecule has 0 radical (unpaired) electrons. The molecule has 0 aliphatic heterocycles. The SMILES string of the molecule is [O-][S+](c1c[nH]c2ccc(-c3cccs3)cc12)C(F)(F)F. The van der Waals surface area contributed by atoms with Gasteiger partial charge >= 0.3 is 5.51 Å². The van der Waals surface area contributed by atoms with E-state index in [4.69, 9.17) is 0 Å². The lowest BCUT2D eigenvalue weighted by molar-refractivity contribution is -0.0434. The topological polar surface area (TPSA) is 38.8 Å². The fraction of sp³-hybridized carbons (Fsp3) is 0.0769. The Hall–Kier alpha value is -1.44. The molecule has 0 saturated carbocycles. The fourth-order valence-corrected chi connectivity index (χ4v) is 3.48. The van der Waals surface area contributed by atoms with Gasteiger partial charge < -0.3 is 9.54 Å². The van der Waals surface area contributed by atoms with Gasteiger partial charge in [0.15, 0.2) is 4.90 Å². The van der Waals surface area contributed by atoms with Crippen LogP contribution < -0.4 is 0 Å². The summed E-state index contributed by atoms with van der Waals surface area (Å²) in [6.45, 7) is 0. The zero-order valence-electron chi connectivity index (χ0n) is 9.90. The number of halogens is 3. The number of hydrogen-bond acceptors (Lipinski definition) is 2. The number of thiophene rings is 1. The van der Waals surface area contributed by atoms with Crippen LogP contribution in [0.15, 0.2) is 46.8 Å². The van der Waals surface area contributed by atoms with Crippen LogP contribution in [0.2, 0.25) is 0 Å². The Kier molecular flexibility index (Phi) is 3.27. The van der Waals surface area contributed by atoms with E-state index in [1.54, 1.807) is 12.1 Å². The van der Waals surface area contributed by atoms with E-state index in [0.717, 1.165) is 16.6 Å². The zero-order chi connectivity index (χ0) is 14.3. The van der Waals surface area contributed by atoms with Crippen LogP contribution >= 0.6 is 11.3 Å². The molecule has 104 valence electrons. The van der Waals surface area contributed by atoms with Gasteiger partial charge in [0, 0.05) is 4.88 Å². The molecule has 0 aliphatic carbocycles. The molecule has 20 heavy (non-hydrogen) atoms. The first-order valence-electron chi connectivity index (χ1n) is 5.60. The number of aromatic amines is 1. The van der Waals surface area contributed by atoms with Crippen LogP contribution in [-0.4, -0.2) is 15.0 Å². The Morgan fingerprint density at radius 3 is 2.65 bits per heavy atom. The Balaban J connectivity index is 2.13. The molecule has 2 heterocycles. The zero-order valence-corrected chi connectivity index (χ0v) is 11.5. The van der Waals surface area contributed by atoms with Crippen molar-refractivity contribution in [3.05, 3.63) is 41.9 Å². The van der Waals surface area contributed by atoms with E-state index < -0.39 is 16.7 Å². The normalized spacial score (nSPS) is 13.8. The molecule has 1 atom stereocenters. The van der Waals surface area contributed by atoms with Crippen LogP contribution in [0.3, 0.4) is 0 Å². The number of hydrogen-bond donors (Lipinski definition) is 1. The van der Waals surface area contributed by atoms with Gasteiger partial charge in [-0.3, -0.25) is 0 Å². The van der Waals surface area contributed by atoms with E-state index in [1.165, 1.54) is 11.3 Å². The van der Waals surface area contributed by atoms with Crippen molar-refractivity contribution in [2.45, 2.75) is 10.4 Å². The molecule has 2 aromatic heterocycles. The highest BCUT2D eigenvalue weighted by molar-refractivity contribution is 7.92. The summed E-state index contributed by atoms with van der Waals surface area (Å²) in [6.07, 6.45) is 1.16. The van der Waals surface area contributed by atoms with Crippen molar-refractivity contribution in [3.63, 3.8) is 0 Å². The Bertz CT molecular complexity index is 734. The first kappa shape index (κ1) is 13.5. The highest BCUT2D eigenvalue weighted by Crippen LogP contribution is 2.36. The van der Waals surface area contributed by atoms with E-state index in [1.807, 2.05) is 23.6 Å². The molecule has 3 rings (SSSR count). The van der Waals surface area contributed by atoms with Crippen LogP contribution in [0.1, 0.15) is 0 Å². The van der Waals surface area contributed by atoms with Gasteiger partial charge in [-0.25, -0.2) is 0 Å². The van der Waals surface area contributed by atoms with Crippen LogP contribution in [-0.2, 0) is 11.2 Å². The third-order valence-electron chi connectivity index (χ3n) is 2.86. The smallest absolute Gasteiger partial charge is 0.578 e. The fourth-order valence-electron chi connectivity index (χ4n) is 1.97. The summed E-state index contributed by atoms with van der Waals surface area (Å²) < 4.78 is 49.3. The number of fused-ring (bicyclic) bond motifs is 1. The Morgan fingerprint density at radius 1 is 1.20 bits per heavy atom. The maximum absolute atomic E-state index is 12.6. The van der Waals surface area contributed by atoms with E-state index in [0.29, 0.717) is 10.9 Å².